The number of nitrogens with zero attached hydrogens (tertiary/aromatic N) is 1. The van der Waals surface area contributed by atoms with E-state index in [0.29, 0.717) is 12.5 Å². The van der Waals surface area contributed by atoms with Crippen LogP contribution in [0.15, 0.2) is 5.38 Å². The molecule has 1 aliphatic rings. The molecular formula is C10H14N2OS. The second-order valence-corrected chi connectivity index (χ2v) is 4.86. The molecule has 0 radical (unpaired) electrons. The molecular weight excluding hydrogens is 196 g/mol. The van der Waals surface area contributed by atoms with E-state index in [2.05, 4.69) is 17.2 Å². The highest BCUT2D eigenvalue weighted by Gasteiger charge is 2.38. The Labute approximate surface area is 87.6 Å². The summed E-state index contributed by atoms with van der Waals surface area (Å²) in [6.45, 7) is 4.66. The number of carbonyl (C=O) groups is 1. The van der Waals surface area contributed by atoms with Gasteiger partial charge in [-0.05, 0) is 19.3 Å². The van der Waals surface area contributed by atoms with Crippen LogP contribution in [0.1, 0.15) is 24.0 Å². The molecule has 1 saturated carbocycles. The average molecular weight is 210 g/mol. The summed E-state index contributed by atoms with van der Waals surface area (Å²) in [5.41, 5.74) is 1.03. The van der Waals surface area contributed by atoms with E-state index < -0.39 is 0 Å². The molecule has 0 aromatic carbocycles. The maximum atomic E-state index is 11.5. The molecule has 14 heavy (non-hydrogen) atoms. The summed E-state index contributed by atoms with van der Waals surface area (Å²) in [4.78, 5) is 15.7. The molecule has 1 amide bonds. The predicted molar refractivity (Wildman–Crippen MR) is 56.0 cm³/mol. The number of amides is 1. The lowest BCUT2D eigenvalue weighted by Crippen LogP contribution is -2.24. The normalized spacial score (nSPS) is 24.7. The number of aryl methyl sites for hydroxylation is 1. The summed E-state index contributed by atoms with van der Waals surface area (Å²) in [6.07, 6.45) is 1.04. The monoisotopic (exact) mass is 210 g/mol. The van der Waals surface area contributed by atoms with Gasteiger partial charge in [0.05, 0.1) is 6.54 Å². The summed E-state index contributed by atoms with van der Waals surface area (Å²) < 4.78 is 0. The molecule has 0 saturated heterocycles. The Balaban J connectivity index is 1.80. The zero-order valence-corrected chi connectivity index (χ0v) is 9.23. The third-order valence-corrected chi connectivity index (χ3v) is 3.49. The van der Waals surface area contributed by atoms with E-state index in [1.54, 1.807) is 11.3 Å². The van der Waals surface area contributed by atoms with Gasteiger partial charge in [-0.15, -0.1) is 11.3 Å². The van der Waals surface area contributed by atoms with Gasteiger partial charge in [0.2, 0.25) is 5.91 Å². The van der Waals surface area contributed by atoms with Crippen LogP contribution in [-0.4, -0.2) is 10.9 Å². The third-order valence-electron chi connectivity index (χ3n) is 2.53. The van der Waals surface area contributed by atoms with E-state index in [1.807, 2.05) is 12.3 Å². The zero-order valence-electron chi connectivity index (χ0n) is 8.41. The minimum absolute atomic E-state index is 0.186. The first-order valence-electron chi connectivity index (χ1n) is 4.85. The fourth-order valence-electron chi connectivity index (χ4n) is 1.47. The van der Waals surface area contributed by atoms with Crippen LogP contribution in [0.3, 0.4) is 0 Å². The Morgan fingerprint density at radius 3 is 3.00 bits per heavy atom. The van der Waals surface area contributed by atoms with Crippen LogP contribution >= 0.6 is 11.3 Å². The molecule has 1 N–H and O–H groups in total. The van der Waals surface area contributed by atoms with Gasteiger partial charge in [0, 0.05) is 17.0 Å². The number of aromatic nitrogens is 1. The molecule has 1 aromatic heterocycles. The van der Waals surface area contributed by atoms with Gasteiger partial charge < -0.3 is 5.32 Å². The third kappa shape index (κ3) is 2.12. The largest absolute Gasteiger partial charge is 0.349 e. The highest BCUT2D eigenvalue weighted by molar-refractivity contribution is 7.09. The van der Waals surface area contributed by atoms with E-state index in [1.165, 1.54) is 0 Å². The first-order valence-corrected chi connectivity index (χ1v) is 5.73. The van der Waals surface area contributed by atoms with Crippen molar-refractivity contribution in [1.29, 1.82) is 0 Å². The van der Waals surface area contributed by atoms with Crippen LogP contribution in [0.25, 0.3) is 0 Å². The minimum atomic E-state index is 0.186. The van der Waals surface area contributed by atoms with E-state index >= 15 is 0 Å². The first kappa shape index (κ1) is 9.65. The molecule has 76 valence electrons. The molecule has 4 heteroatoms. The van der Waals surface area contributed by atoms with Gasteiger partial charge in [-0.2, -0.15) is 0 Å². The molecule has 1 aromatic rings. The van der Waals surface area contributed by atoms with Crippen LogP contribution in [0, 0.1) is 18.8 Å². The zero-order chi connectivity index (χ0) is 10.1. The summed E-state index contributed by atoms with van der Waals surface area (Å²) >= 11 is 1.60. The Morgan fingerprint density at radius 2 is 2.50 bits per heavy atom. The smallest absolute Gasteiger partial charge is 0.223 e. The van der Waals surface area contributed by atoms with Gasteiger partial charge in [-0.25, -0.2) is 4.98 Å². The van der Waals surface area contributed by atoms with Crippen molar-refractivity contribution < 1.29 is 4.79 Å². The van der Waals surface area contributed by atoms with Crippen molar-refractivity contribution in [3.8, 4) is 0 Å². The van der Waals surface area contributed by atoms with Gasteiger partial charge in [0.1, 0.15) is 5.01 Å². The van der Waals surface area contributed by atoms with Crippen molar-refractivity contribution in [3.63, 3.8) is 0 Å². The number of hydrogen-bond donors (Lipinski definition) is 1. The highest BCUT2D eigenvalue weighted by atomic mass is 32.1. The summed E-state index contributed by atoms with van der Waals surface area (Å²) in [7, 11) is 0. The quantitative estimate of drug-likeness (QED) is 0.825. The number of carbonyl (C=O) groups excluding carboxylic acids is 1. The van der Waals surface area contributed by atoms with Crippen LogP contribution in [0.4, 0.5) is 0 Å². The predicted octanol–water partition coefficient (Wildman–Crippen LogP) is 1.72. The molecule has 0 unspecified atom stereocenters. The van der Waals surface area contributed by atoms with Crippen LogP contribution in [0.5, 0.6) is 0 Å². The van der Waals surface area contributed by atoms with Crippen molar-refractivity contribution in [2.45, 2.75) is 26.8 Å². The SMILES string of the molecule is Cc1csc(CNC(=O)[C@H]2C[C@H]2C)n1. The number of nitrogens with one attached hydrogen (secondary N) is 1. The Morgan fingerprint density at radius 1 is 1.79 bits per heavy atom. The summed E-state index contributed by atoms with van der Waals surface area (Å²) in [5, 5.41) is 5.90. The lowest BCUT2D eigenvalue weighted by molar-refractivity contribution is -0.122. The average Bonchev–Trinajstić information content (AvgIpc) is 2.72. The molecule has 2 rings (SSSR count). The Hall–Kier alpha value is -0.900. The maximum Gasteiger partial charge on any atom is 0.223 e. The molecule has 0 spiro atoms. The highest BCUT2D eigenvalue weighted by Crippen LogP contribution is 2.37. The van der Waals surface area contributed by atoms with Crippen molar-refractivity contribution >= 4 is 17.2 Å². The Kier molecular flexibility index (Phi) is 2.54. The van der Waals surface area contributed by atoms with Gasteiger partial charge >= 0.3 is 0 Å². The number of hydrogen-bond acceptors (Lipinski definition) is 3. The summed E-state index contributed by atoms with van der Waals surface area (Å²) in [5.74, 6) is 1.02. The van der Waals surface area contributed by atoms with Gasteiger partial charge in [0.25, 0.3) is 0 Å². The standard InChI is InChI=1S/C10H14N2OS/c1-6-3-8(6)10(13)11-4-9-12-7(2)5-14-9/h5-6,8H,3-4H2,1-2H3,(H,11,13)/t6-,8+/m1/s1. The second-order valence-electron chi connectivity index (χ2n) is 3.92. The van der Waals surface area contributed by atoms with E-state index in [0.717, 1.165) is 17.1 Å². The number of rotatable bonds is 3. The fraction of sp³-hybridized carbons (Fsp3) is 0.600. The van der Waals surface area contributed by atoms with Crippen molar-refractivity contribution in [2.24, 2.45) is 11.8 Å². The van der Waals surface area contributed by atoms with Gasteiger partial charge in [-0.3, -0.25) is 4.79 Å². The Bertz CT molecular complexity index is 348. The van der Waals surface area contributed by atoms with E-state index in [4.69, 9.17) is 0 Å². The van der Waals surface area contributed by atoms with Gasteiger partial charge in [-0.1, -0.05) is 6.92 Å². The molecule has 0 aliphatic heterocycles. The van der Waals surface area contributed by atoms with Crippen molar-refractivity contribution in [2.75, 3.05) is 0 Å². The maximum absolute atomic E-state index is 11.5. The lowest BCUT2D eigenvalue weighted by Gasteiger charge is -2.00. The fourth-order valence-corrected chi connectivity index (χ4v) is 2.18. The van der Waals surface area contributed by atoms with Crippen molar-refractivity contribution in [1.82, 2.24) is 10.3 Å². The van der Waals surface area contributed by atoms with Gasteiger partial charge in [0.15, 0.2) is 0 Å². The summed E-state index contributed by atoms with van der Waals surface area (Å²) in [6, 6.07) is 0. The van der Waals surface area contributed by atoms with E-state index in [9.17, 15) is 4.79 Å². The van der Waals surface area contributed by atoms with Crippen molar-refractivity contribution in [3.05, 3.63) is 16.1 Å². The second kappa shape index (κ2) is 3.69. The lowest BCUT2D eigenvalue weighted by atomic mass is 10.3. The topological polar surface area (TPSA) is 42.0 Å². The van der Waals surface area contributed by atoms with Crippen LogP contribution in [0.2, 0.25) is 0 Å². The minimum Gasteiger partial charge on any atom is -0.349 e. The molecule has 0 bridgehead atoms. The molecule has 1 heterocycles. The molecule has 3 nitrogen and oxygen atoms in total. The number of thiazole rings is 1. The molecule has 1 fully saturated rings. The molecule has 2 atom stereocenters. The first-order chi connectivity index (χ1) is 6.66. The van der Waals surface area contributed by atoms with Crippen LogP contribution in [-0.2, 0) is 11.3 Å². The molecule has 1 aliphatic carbocycles. The van der Waals surface area contributed by atoms with Crippen LogP contribution < -0.4 is 5.32 Å². The van der Waals surface area contributed by atoms with E-state index in [-0.39, 0.29) is 11.8 Å².